The molecule has 2 aromatic rings. The first-order valence-electron chi connectivity index (χ1n) is 5.35. The summed E-state index contributed by atoms with van der Waals surface area (Å²) in [7, 11) is 1.78. The Morgan fingerprint density at radius 1 is 1.24 bits per heavy atom. The fourth-order valence-corrected chi connectivity index (χ4v) is 1.60. The summed E-state index contributed by atoms with van der Waals surface area (Å²) in [5, 5.41) is 0. The van der Waals surface area contributed by atoms with E-state index in [1.54, 1.807) is 24.2 Å². The van der Waals surface area contributed by atoms with E-state index in [1.807, 2.05) is 24.3 Å². The lowest BCUT2D eigenvalue weighted by atomic mass is 10.2. The highest BCUT2D eigenvalue weighted by atomic mass is 19.1. The molecule has 0 spiro atoms. The van der Waals surface area contributed by atoms with Crippen LogP contribution in [0.2, 0.25) is 0 Å². The molecule has 3 nitrogen and oxygen atoms in total. The molecule has 0 aliphatic rings. The number of benzene rings is 1. The largest absolute Gasteiger partial charge is 0.327 e. The fourth-order valence-electron chi connectivity index (χ4n) is 1.60. The molecule has 17 heavy (non-hydrogen) atoms. The van der Waals surface area contributed by atoms with Crippen molar-refractivity contribution in [1.82, 2.24) is 4.98 Å². The van der Waals surface area contributed by atoms with Gasteiger partial charge in [-0.1, -0.05) is 12.1 Å². The molecule has 2 N–H and O–H groups in total. The highest BCUT2D eigenvalue weighted by Crippen LogP contribution is 2.23. The van der Waals surface area contributed by atoms with Crippen molar-refractivity contribution >= 4 is 11.5 Å². The number of hydrogen-bond acceptors (Lipinski definition) is 3. The molecule has 0 radical (unpaired) electrons. The summed E-state index contributed by atoms with van der Waals surface area (Å²) < 4.78 is 13.5. The number of halogens is 1. The van der Waals surface area contributed by atoms with Gasteiger partial charge in [-0.2, -0.15) is 0 Å². The lowest BCUT2D eigenvalue weighted by molar-refractivity contribution is 0.621. The van der Waals surface area contributed by atoms with Gasteiger partial charge in [0.2, 0.25) is 0 Å². The van der Waals surface area contributed by atoms with E-state index in [2.05, 4.69) is 4.98 Å². The Hall–Kier alpha value is -1.94. The second-order valence-electron chi connectivity index (χ2n) is 3.74. The second kappa shape index (κ2) is 4.93. The summed E-state index contributed by atoms with van der Waals surface area (Å²) in [4.78, 5) is 5.73. The monoisotopic (exact) mass is 231 g/mol. The summed E-state index contributed by atoms with van der Waals surface area (Å²) in [5.41, 5.74) is 7.45. The molecule has 0 bridgehead atoms. The quantitative estimate of drug-likeness (QED) is 0.882. The highest BCUT2D eigenvalue weighted by Gasteiger charge is 2.09. The Bertz CT molecular complexity index is 496. The second-order valence-corrected chi connectivity index (χ2v) is 3.74. The van der Waals surface area contributed by atoms with Crippen LogP contribution < -0.4 is 10.6 Å². The maximum absolute atomic E-state index is 13.5. The predicted molar refractivity (Wildman–Crippen MR) is 66.6 cm³/mol. The van der Waals surface area contributed by atoms with Gasteiger partial charge >= 0.3 is 0 Å². The van der Waals surface area contributed by atoms with Crippen LogP contribution in [0.25, 0.3) is 0 Å². The van der Waals surface area contributed by atoms with Crippen molar-refractivity contribution in [3.63, 3.8) is 0 Å². The minimum absolute atomic E-state index is 0.313. The molecule has 0 aliphatic heterocycles. The standard InChI is InChI=1S/C13H14FN3/c1-17(13-12(14)3-2-8-16-13)11-6-4-10(9-15)5-7-11/h2-8H,9,15H2,1H3. The van der Waals surface area contributed by atoms with Gasteiger partial charge in [0.1, 0.15) is 0 Å². The minimum Gasteiger partial charge on any atom is -0.327 e. The molecule has 2 rings (SSSR count). The third-order valence-electron chi connectivity index (χ3n) is 2.62. The van der Waals surface area contributed by atoms with E-state index in [4.69, 9.17) is 5.73 Å². The van der Waals surface area contributed by atoms with Crippen LogP contribution in [0, 0.1) is 5.82 Å². The van der Waals surface area contributed by atoms with Crippen molar-refractivity contribution in [2.24, 2.45) is 5.73 Å². The smallest absolute Gasteiger partial charge is 0.169 e. The molecule has 1 aromatic carbocycles. The van der Waals surface area contributed by atoms with Crippen molar-refractivity contribution in [2.45, 2.75) is 6.54 Å². The molecule has 1 aromatic heterocycles. The van der Waals surface area contributed by atoms with E-state index in [0.29, 0.717) is 12.4 Å². The predicted octanol–water partition coefficient (Wildman–Crippen LogP) is 2.45. The molecule has 0 unspecified atom stereocenters. The maximum atomic E-state index is 13.5. The molecule has 0 amide bonds. The summed E-state index contributed by atoms with van der Waals surface area (Å²) in [6.45, 7) is 0.502. The van der Waals surface area contributed by atoms with Gasteiger partial charge < -0.3 is 10.6 Å². The summed E-state index contributed by atoms with van der Waals surface area (Å²) in [6.07, 6.45) is 1.57. The fraction of sp³-hybridized carbons (Fsp3) is 0.154. The van der Waals surface area contributed by atoms with Crippen LogP contribution in [0.15, 0.2) is 42.6 Å². The zero-order chi connectivity index (χ0) is 12.3. The molecule has 0 atom stereocenters. The van der Waals surface area contributed by atoms with E-state index < -0.39 is 0 Å². The normalized spacial score (nSPS) is 10.3. The van der Waals surface area contributed by atoms with Gasteiger partial charge in [-0.25, -0.2) is 9.37 Å². The van der Waals surface area contributed by atoms with E-state index >= 15 is 0 Å². The average Bonchev–Trinajstić information content (AvgIpc) is 2.39. The summed E-state index contributed by atoms with van der Waals surface area (Å²) in [5.74, 6) is -0.0223. The third-order valence-corrected chi connectivity index (χ3v) is 2.62. The highest BCUT2D eigenvalue weighted by molar-refractivity contribution is 5.59. The molecule has 0 fully saturated rings. The van der Waals surface area contributed by atoms with Crippen LogP contribution in [-0.4, -0.2) is 12.0 Å². The number of nitrogens with two attached hydrogens (primary N) is 1. The number of nitrogens with zero attached hydrogens (tertiary/aromatic N) is 2. The molecule has 0 saturated heterocycles. The van der Waals surface area contributed by atoms with Crippen LogP contribution >= 0.6 is 0 Å². The summed E-state index contributed by atoms with van der Waals surface area (Å²) in [6, 6.07) is 10.6. The van der Waals surface area contributed by atoms with Crippen LogP contribution in [0.3, 0.4) is 0 Å². The Kier molecular flexibility index (Phi) is 3.35. The first-order valence-corrected chi connectivity index (χ1v) is 5.35. The number of pyridine rings is 1. The molecule has 0 saturated carbocycles. The number of anilines is 2. The van der Waals surface area contributed by atoms with Crippen molar-refractivity contribution in [3.05, 3.63) is 54.0 Å². The van der Waals surface area contributed by atoms with Crippen molar-refractivity contribution in [3.8, 4) is 0 Å². The molecule has 88 valence electrons. The lowest BCUT2D eigenvalue weighted by Crippen LogP contribution is -2.13. The van der Waals surface area contributed by atoms with Gasteiger partial charge in [0.25, 0.3) is 0 Å². The lowest BCUT2D eigenvalue weighted by Gasteiger charge is -2.18. The van der Waals surface area contributed by atoms with E-state index in [1.165, 1.54) is 6.07 Å². The molecule has 0 aliphatic carbocycles. The third kappa shape index (κ3) is 2.42. The van der Waals surface area contributed by atoms with Gasteiger partial charge in [0.15, 0.2) is 11.6 Å². The Morgan fingerprint density at radius 3 is 2.53 bits per heavy atom. The molecule has 4 heteroatoms. The van der Waals surface area contributed by atoms with Crippen LogP contribution in [0.5, 0.6) is 0 Å². The number of hydrogen-bond donors (Lipinski definition) is 1. The van der Waals surface area contributed by atoms with Gasteiger partial charge in [0.05, 0.1) is 0 Å². The van der Waals surface area contributed by atoms with E-state index in [-0.39, 0.29) is 5.82 Å². The maximum Gasteiger partial charge on any atom is 0.169 e. The number of rotatable bonds is 3. The van der Waals surface area contributed by atoms with E-state index in [9.17, 15) is 4.39 Å². The molecular formula is C13H14FN3. The van der Waals surface area contributed by atoms with Gasteiger partial charge in [-0.3, -0.25) is 0 Å². The number of aromatic nitrogens is 1. The van der Waals surface area contributed by atoms with Crippen LogP contribution in [-0.2, 0) is 6.54 Å². The first kappa shape index (κ1) is 11.5. The van der Waals surface area contributed by atoms with Gasteiger partial charge in [-0.05, 0) is 29.8 Å². The Balaban J connectivity index is 2.30. The minimum atomic E-state index is -0.335. The Morgan fingerprint density at radius 2 is 1.94 bits per heavy atom. The molecular weight excluding hydrogens is 217 g/mol. The zero-order valence-electron chi connectivity index (χ0n) is 9.60. The van der Waals surface area contributed by atoms with E-state index in [0.717, 1.165) is 11.3 Å². The zero-order valence-corrected chi connectivity index (χ0v) is 9.60. The Labute approximate surface area is 99.7 Å². The summed E-state index contributed by atoms with van der Waals surface area (Å²) >= 11 is 0. The average molecular weight is 231 g/mol. The topological polar surface area (TPSA) is 42.1 Å². The SMILES string of the molecule is CN(c1ccc(CN)cc1)c1ncccc1F. The van der Waals surface area contributed by atoms with Crippen LogP contribution in [0.4, 0.5) is 15.9 Å². The van der Waals surface area contributed by atoms with Gasteiger partial charge in [0, 0.05) is 25.5 Å². The molecule has 1 heterocycles. The van der Waals surface area contributed by atoms with Crippen molar-refractivity contribution in [1.29, 1.82) is 0 Å². The van der Waals surface area contributed by atoms with Crippen molar-refractivity contribution in [2.75, 3.05) is 11.9 Å². The first-order chi connectivity index (χ1) is 8.22. The van der Waals surface area contributed by atoms with Gasteiger partial charge in [-0.15, -0.1) is 0 Å². The van der Waals surface area contributed by atoms with Crippen LogP contribution in [0.1, 0.15) is 5.56 Å². The van der Waals surface area contributed by atoms with Crippen molar-refractivity contribution < 1.29 is 4.39 Å².